The van der Waals surface area contributed by atoms with E-state index in [2.05, 4.69) is 15.9 Å². The standard InChI is InChI=1S/C12H17BrN2O2S/c1-12(2,3)17-11(16)15-5-4-7-8(6-15)18-10(14)9(7)13/h4-6,14H2,1-3H3. The van der Waals surface area contributed by atoms with Gasteiger partial charge in [0.25, 0.3) is 0 Å². The molecule has 1 aliphatic rings. The molecule has 2 heterocycles. The smallest absolute Gasteiger partial charge is 0.410 e. The normalized spacial score (nSPS) is 15.4. The molecule has 0 aromatic carbocycles. The van der Waals surface area contributed by atoms with Crippen molar-refractivity contribution in [2.75, 3.05) is 12.3 Å². The minimum atomic E-state index is -0.452. The molecule has 0 fully saturated rings. The van der Waals surface area contributed by atoms with Crippen molar-refractivity contribution < 1.29 is 9.53 Å². The summed E-state index contributed by atoms with van der Waals surface area (Å²) in [7, 11) is 0. The maximum Gasteiger partial charge on any atom is 0.410 e. The van der Waals surface area contributed by atoms with E-state index < -0.39 is 5.60 Å². The predicted molar refractivity (Wildman–Crippen MR) is 76.8 cm³/mol. The molecule has 0 unspecified atom stereocenters. The average Bonchev–Trinajstić information content (AvgIpc) is 2.52. The quantitative estimate of drug-likeness (QED) is 0.792. The molecule has 0 saturated carbocycles. The van der Waals surface area contributed by atoms with Gasteiger partial charge in [0.1, 0.15) is 10.6 Å². The van der Waals surface area contributed by atoms with Crippen molar-refractivity contribution in [1.29, 1.82) is 0 Å². The van der Waals surface area contributed by atoms with Crippen LogP contribution in [0, 0.1) is 0 Å². The van der Waals surface area contributed by atoms with Gasteiger partial charge in [-0.15, -0.1) is 11.3 Å². The fourth-order valence-electron chi connectivity index (χ4n) is 1.87. The number of nitrogens with zero attached hydrogens (tertiary/aromatic N) is 1. The Bertz CT molecular complexity index is 479. The fourth-order valence-corrected chi connectivity index (χ4v) is 3.71. The zero-order chi connectivity index (χ0) is 13.5. The number of nitrogens with two attached hydrogens (primary N) is 1. The Kier molecular flexibility index (Phi) is 3.60. The van der Waals surface area contributed by atoms with Gasteiger partial charge < -0.3 is 15.4 Å². The Morgan fingerprint density at radius 1 is 1.50 bits per heavy atom. The van der Waals surface area contributed by atoms with Gasteiger partial charge in [0.2, 0.25) is 0 Å². The summed E-state index contributed by atoms with van der Waals surface area (Å²) in [4.78, 5) is 14.9. The Balaban J connectivity index is 2.10. The van der Waals surface area contributed by atoms with Gasteiger partial charge in [-0.25, -0.2) is 4.79 Å². The van der Waals surface area contributed by atoms with Crippen LogP contribution < -0.4 is 5.73 Å². The van der Waals surface area contributed by atoms with Gasteiger partial charge in [0.15, 0.2) is 0 Å². The van der Waals surface area contributed by atoms with Crippen molar-refractivity contribution in [2.24, 2.45) is 0 Å². The lowest BCUT2D eigenvalue weighted by molar-refractivity contribution is 0.0226. The molecule has 2 N–H and O–H groups in total. The lowest BCUT2D eigenvalue weighted by atomic mass is 10.1. The van der Waals surface area contributed by atoms with E-state index in [0.29, 0.717) is 13.1 Å². The first-order chi connectivity index (χ1) is 8.28. The highest BCUT2D eigenvalue weighted by molar-refractivity contribution is 9.10. The second-order valence-corrected chi connectivity index (χ2v) is 7.26. The number of amides is 1. The molecule has 2 rings (SSSR count). The number of thiophene rings is 1. The SMILES string of the molecule is CC(C)(C)OC(=O)N1CCc2c(sc(N)c2Br)C1. The zero-order valence-electron chi connectivity index (χ0n) is 10.7. The number of fused-ring (bicyclic) bond motifs is 1. The van der Waals surface area contributed by atoms with Crippen LogP contribution in [0.2, 0.25) is 0 Å². The molecule has 6 heteroatoms. The molecule has 18 heavy (non-hydrogen) atoms. The van der Waals surface area contributed by atoms with Crippen molar-refractivity contribution in [3.8, 4) is 0 Å². The maximum absolute atomic E-state index is 12.0. The summed E-state index contributed by atoms with van der Waals surface area (Å²) in [5.74, 6) is 0. The van der Waals surface area contributed by atoms with E-state index >= 15 is 0 Å². The number of halogens is 1. The first-order valence-electron chi connectivity index (χ1n) is 5.81. The largest absolute Gasteiger partial charge is 0.444 e. The molecule has 100 valence electrons. The highest BCUT2D eigenvalue weighted by atomic mass is 79.9. The van der Waals surface area contributed by atoms with E-state index in [1.165, 1.54) is 16.9 Å². The van der Waals surface area contributed by atoms with Crippen LogP contribution in [0.4, 0.5) is 9.80 Å². The van der Waals surface area contributed by atoms with Gasteiger partial charge in [-0.1, -0.05) is 0 Å². The molecule has 0 bridgehead atoms. The Morgan fingerprint density at radius 3 is 2.78 bits per heavy atom. The summed E-state index contributed by atoms with van der Waals surface area (Å²) in [6.45, 7) is 6.89. The van der Waals surface area contributed by atoms with Crippen LogP contribution >= 0.6 is 27.3 Å². The molecule has 0 spiro atoms. The molecule has 1 aliphatic heterocycles. The van der Waals surface area contributed by atoms with Crippen LogP contribution in [0.1, 0.15) is 31.2 Å². The third-order valence-electron chi connectivity index (χ3n) is 2.67. The first kappa shape index (κ1) is 13.7. The number of ether oxygens (including phenoxy) is 1. The Hall–Kier alpha value is -0.750. The van der Waals surface area contributed by atoms with Crippen molar-refractivity contribution in [2.45, 2.75) is 39.3 Å². The van der Waals surface area contributed by atoms with Crippen molar-refractivity contribution in [1.82, 2.24) is 4.90 Å². The topological polar surface area (TPSA) is 55.6 Å². The zero-order valence-corrected chi connectivity index (χ0v) is 13.2. The number of carbonyl (C=O) groups excluding carboxylic acids is 1. The van der Waals surface area contributed by atoms with Crippen LogP contribution in [0.15, 0.2) is 4.47 Å². The van der Waals surface area contributed by atoms with E-state index in [1.807, 2.05) is 20.8 Å². The van der Waals surface area contributed by atoms with Crippen LogP contribution in [-0.2, 0) is 17.7 Å². The van der Waals surface area contributed by atoms with E-state index in [9.17, 15) is 4.79 Å². The third-order valence-corrected chi connectivity index (χ3v) is 4.88. The molecule has 1 aromatic rings. The van der Waals surface area contributed by atoms with E-state index in [1.54, 1.807) is 4.90 Å². The number of anilines is 1. The summed E-state index contributed by atoms with van der Waals surface area (Å²) >= 11 is 5.03. The van der Waals surface area contributed by atoms with Gasteiger partial charge in [-0.3, -0.25) is 0 Å². The summed E-state index contributed by atoms with van der Waals surface area (Å²) in [6.07, 6.45) is 0.569. The second-order valence-electron chi connectivity index (χ2n) is 5.33. The van der Waals surface area contributed by atoms with E-state index in [-0.39, 0.29) is 6.09 Å². The summed E-state index contributed by atoms with van der Waals surface area (Å²) < 4.78 is 6.37. The van der Waals surface area contributed by atoms with Crippen molar-refractivity contribution in [3.05, 3.63) is 14.9 Å². The van der Waals surface area contributed by atoms with Crippen molar-refractivity contribution >= 4 is 38.4 Å². The number of hydrogen-bond acceptors (Lipinski definition) is 4. The third kappa shape index (κ3) is 2.80. The van der Waals surface area contributed by atoms with Gasteiger partial charge in [0.05, 0.1) is 11.0 Å². The molecule has 0 atom stereocenters. The fraction of sp³-hybridized carbons (Fsp3) is 0.583. The summed E-state index contributed by atoms with van der Waals surface area (Å²) in [6, 6.07) is 0. The predicted octanol–water partition coefficient (Wildman–Crippen LogP) is 3.39. The van der Waals surface area contributed by atoms with E-state index in [0.717, 1.165) is 20.8 Å². The number of carbonyl (C=O) groups is 1. The number of hydrogen-bond donors (Lipinski definition) is 1. The maximum atomic E-state index is 12.0. The molecule has 1 amide bonds. The lowest BCUT2D eigenvalue weighted by Gasteiger charge is -2.30. The van der Waals surface area contributed by atoms with Crippen LogP contribution in [0.25, 0.3) is 0 Å². The number of nitrogen functional groups attached to an aromatic ring is 1. The monoisotopic (exact) mass is 332 g/mol. The van der Waals surface area contributed by atoms with Crippen LogP contribution in [0.5, 0.6) is 0 Å². The van der Waals surface area contributed by atoms with Gasteiger partial charge >= 0.3 is 6.09 Å². The molecule has 0 radical (unpaired) electrons. The summed E-state index contributed by atoms with van der Waals surface area (Å²) in [5.41, 5.74) is 6.66. The number of rotatable bonds is 0. The molecule has 0 saturated heterocycles. The molecular weight excluding hydrogens is 316 g/mol. The average molecular weight is 333 g/mol. The summed E-state index contributed by atoms with van der Waals surface area (Å²) in [5, 5.41) is 0.783. The highest BCUT2D eigenvalue weighted by Gasteiger charge is 2.28. The molecular formula is C12H17BrN2O2S. The first-order valence-corrected chi connectivity index (χ1v) is 7.42. The molecule has 0 aliphatic carbocycles. The molecule has 1 aromatic heterocycles. The second kappa shape index (κ2) is 4.74. The highest BCUT2D eigenvalue weighted by Crippen LogP contribution is 2.38. The van der Waals surface area contributed by atoms with Crippen LogP contribution in [0.3, 0.4) is 0 Å². The van der Waals surface area contributed by atoms with E-state index in [4.69, 9.17) is 10.5 Å². The van der Waals surface area contributed by atoms with Gasteiger partial charge in [-0.2, -0.15) is 0 Å². The molecule has 4 nitrogen and oxygen atoms in total. The van der Waals surface area contributed by atoms with Crippen molar-refractivity contribution in [3.63, 3.8) is 0 Å². The van der Waals surface area contributed by atoms with Gasteiger partial charge in [0, 0.05) is 11.4 Å². The minimum Gasteiger partial charge on any atom is -0.444 e. The van der Waals surface area contributed by atoms with Gasteiger partial charge in [-0.05, 0) is 48.7 Å². The lowest BCUT2D eigenvalue weighted by Crippen LogP contribution is -2.39. The van der Waals surface area contributed by atoms with Crippen LogP contribution in [-0.4, -0.2) is 23.1 Å². The Morgan fingerprint density at radius 2 is 2.17 bits per heavy atom. The minimum absolute atomic E-state index is 0.253. The Labute approximate surface area is 119 Å².